The summed E-state index contributed by atoms with van der Waals surface area (Å²) in [7, 11) is 0. The van der Waals surface area contributed by atoms with Gasteiger partial charge in [-0.1, -0.05) is 41.9 Å². The molecule has 106 valence electrons. The van der Waals surface area contributed by atoms with Crippen LogP contribution in [0.5, 0.6) is 0 Å². The minimum atomic E-state index is -0.659. The number of nitrogens with zero attached hydrogens (tertiary/aromatic N) is 3. The minimum Gasteiger partial charge on any atom is -0.444 e. The number of carbonyl (C=O) groups is 1. The van der Waals surface area contributed by atoms with Crippen LogP contribution in [0, 0.1) is 0 Å². The standard InChI is InChI=1S/C13H10ClN5O2/c14-10-9-6-15-19-11(9)17-12(16-10)18-13(20)21-7-8-4-2-1-3-5-8/h1-6H,7H2,(H2,15,16,17,18,19,20). The molecule has 21 heavy (non-hydrogen) atoms. The average molecular weight is 304 g/mol. The maximum absolute atomic E-state index is 11.7. The molecule has 2 heterocycles. The summed E-state index contributed by atoms with van der Waals surface area (Å²) in [6, 6.07) is 9.34. The first-order chi connectivity index (χ1) is 10.2. The molecule has 0 saturated heterocycles. The van der Waals surface area contributed by atoms with Gasteiger partial charge in [-0.15, -0.1) is 0 Å². The van der Waals surface area contributed by atoms with E-state index in [1.54, 1.807) is 0 Å². The van der Waals surface area contributed by atoms with Crippen molar-refractivity contribution in [1.82, 2.24) is 20.2 Å². The zero-order chi connectivity index (χ0) is 14.7. The van der Waals surface area contributed by atoms with E-state index < -0.39 is 6.09 Å². The Bertz CT molecular complexity index is 775. The highest BCUT2D eigenvalue weighted by Crippen LogP contribution is 2.19. The zero-order valence-corrected chi connectivity index (χ0v) is 11.5. The van der Waals surface area contributed by atoms with Crippen LogP contribution in [0.3, 0.4) is 0 Å². The molecule has 2 aromatic heterocycles. The molecule has 0 radical (unpaired) electrons. The second-order valence-corrected chi connectivity index (χ2v) is 4.52. The molecule has 0 aliphatic heterocycles. The zero-order valence-electron chi connectivity index (χ0n) is 10.7. The summed E-state index contributed by atoms with van der Waals surface area (Å²) in [5.74, 6) is 0.0508. The molecule has 0 unspecified atom stereocenters. The van der Waals surface area contributed by atoms with Crippen LogP contribution in [0.15, 0.2) is 36.5 Å². The van der Waals surface area contributed by atoms with Crippen molar-refractivity contribution in [2.24, 2.45) is 0 Å². The monoisotopic (exact) mass is 303 g/mol. The van der Waals surface area contributed by atoms with Gasteiger partial charge in [-0.25, -0.2) is 4.79 Å². The van der Waals surface area contributed by atoms with Gasteiger partial charge < -0.3 is 4.74 Å². The van der Waals surface area contributed by atoms with E-state index in [0.29, 0.717) is 11.0 Å². The number of rotatable bonds is 3. The van der Waals surface area contributed by atoms with Crippen LogP contribution in [0.1, 0.15) is 5.56 Å². The third-order valence-electron chi connectivity index (χ3n) is 2.69. The molecule has 0 atom stereocenters. The summed E-state index contributed by atoms with van der Waals surface area (Å²) in [6.07, 6.45) is 0.851. The van der Waals surface area contributed by atoms with Crippen molar-refractivity contribution >= 4 is 34.7 Å². The van der Waals surface area contributed by atoms with Crippen LogP contribution >= 0.6 is 11.6 Å². The number of aromatic amines is 1. The molecular formula is C13H10ClN5O2. The number of H-pyrrole nitrogens is 1. The molecule has 8 heteroatoms. The maximum atomic E-state index is 11.7. The second-order valence-electron chi connectivity index (χ2n) is 4.16. The molecule has 0 bridgehead atoms. The number of fused-ring (bicyclic) bond motifs is 1. The highest BCUT2D eigenvalue weighted by molar-refractivity contribution is 6.34. The van der Waals surface area contributed by atoms with Crippen LogP contribution in [0.4, 0.5) is 10.7 Å². The van der Waals surface area contributed by atoms with Gasteiger partial charge in [-0.2, -0.15) is 15.1 Å². The van der Waals surface area contributed by atoms with Gasteiger partial charge in [0, 0.05) is 0 Å². The molecular weight excluding hydrogens is 294 g/mol. The average Bonchev–Trinajstić information content (AvgIpc) is 2.95. The Kier molecular flexibility index (Phi) is 3.65. The predicted octanol–water partition coefficient (Wildman–Crippen LogP) is 2.76. The lowest BCUT2D eigenvalue weighted by atomic mass is 10.2. The van der Waals surface area contributed by atoms with Crippen molar-refractivity contribution < 1.29 is 9.53 Å². The lowest BCUT2D eigenvalue weighted by Crippen LogP contribution is -2.15. The first-order valence-electron chi connectivity index (χ1n) is 6.07. The summed E-state index contributed by atoms with van der Waals surface area (Å²) in [5.41, 5.74) is 1.32. The topological polar surface area (TPSA) is 92.8 Å². The van der Waals surface area contributed by atoms with E-state index in [2.05, 4.69) is 25.5 Å². The van der Waals surface area contributed by atoms with Gasteiger partial charge in [0.15, 0.2) is 5.65 Å². The number of carbonyl (C=O) groups excluding carboxylic acids is 1. The van der Waals surface area contributed by atoms with E-state index in [0.717, 1.165) is 5.56 Å². The first kappa shape index (κ1) is 13.3. The molecule has 3 aromatic rings. The van der Waals surface area contributed by atoms with E-state index >= 15 is 0 Å². The fourth-order valence-corrected chi connectivity index (χ4v) is 1.92. The molecule has 0 aliphatic carbocycles. The van der Waals surface area contributed by atoms with Gasteiger partial charge in [-0.05, 0) is 5.56 Å². The van der Waals surface area contributed by atoms with Gasteiger partial charge >= 0.3 is 6.09 Å². The number of ether oxygens (including phenoxy) is 1. The molecule has 0 saturated carbocycles. The van der Waals surface area contributed by atoms with Gasteiger partial charge in [0.25, 0.3) is 0 Å². The Morgan fingerprint density at radius 1 is 1.29 bits per heavy atom. The predicted molar refractivity (Wildman–Crippen MR) is 76.9 cm³/mol. The molecule has 0 aliphatic rings. The highest BCUT2D eigenvalue weighted by atomic mass is 35.5. The van der Waals surface area contributed by atoms with Crippen LogP contribution in [0.25, 0.3) is 11.0 Å². The van der Waals surface area contributed by atoms with Crippen molar-refractivity contribution in [2.75, 3.05) is 5.32 Å². The third kappa shape index (κ3) is 3.09. The van der Waals surface area contributed by atoms with E-state index in [-0.39, 0.29) is 17.7 Å². The van der Waals surface area contributed by atoms with Crippen LogP contribution in [-0.2, 0) is 11.3 Å². The summed E-state index contributed by atoms with van der Waals surface area (Å²) in [5, 5.41) is 9.66. The van der Waals surface area contributed by atoms with Gasteiger partial charge in [0.2, 0.25) is 5.95 Å². The molecule has 1 aromatic carbocycles. The van der Waals surface area contributed by atoms with E-state index in [4.69, 9.17) is 16.3 Å². The van der Waals surface area contributed by atoms with Crippen molar-refractivity contribution in [3.63, 3.8) is 0 Å². The molecule has 3 rings (SSSR count). The summed E-state index contributed by atoms with van der Waals surface area (Å²) in [4.78, 5) is 19.7. The number of amides is 1. The SMILES string of the molecule is O=C(Nc1nc(Cl)c2cn[nH]c2n1)OCc1ccccc1. The van der Waals surface area contributed by atoms with Crippen LogP contribution < -0.4 is 5.32 Å². The Balaban J connectivity index is 1.66. The van der Waals surface area contributed by atoms with Crippen molar-refractivity contribution in [1.29, 1.82) is 0 Å². The van der Waals surface area contributed by atoms with Crippen molar-refractivity contribution in [2.45, 2.75) is 6.61 Å². The smallest absolute Gasteiger partial charge is 0.414 e. The summed E-state index contributed by atoms with van der Waals surface area (Å²) >= 11 is 5.96. The fourth-order valence-electron chi connectivity index (χ4n) is 1.71. The third-order valence-corrected chi connectivity index (χ3v) is 2.98. The molecule has 0 spiro atoms. The summed E-state index contributed by atoms with van der Waals surface area (Å²) in [6.45, 7) is 0.159. The molecule has 2 N–H and O–H groups in total. The Morgan fingerprint density at radius 3 is 2.90 bits per heavy atom. The van der Waals surface area contributed by atoms with Crippen molar-refractivity contribution in [3.8, 4) is 0 Å². The van der Waals surface area contributed by atoms with Gasteiger partial charge in [0.1, 0.15) is 11.8 Å². The van der Waals surface area contributed by atoms with E-state index in [1.807, 2.05) is 30.3 Å². The van der Waals surface area contributed by atoms with E-state index in [9.17, 15) is 4.79 Å². The van der Waals surface area contributed by atoms with Crippen LogP contribution in [-0.4, -0.2) is 26.3 Å². The fraction of sp³-hybridized carbons (Fsp3) is 0.0769. The van der Waals surface area contributed by atoms with E-state index in [1.165, 1.54) is 6.20 Å². The Morgan fingerprint density at radius 2 is 2.10 bits per heavy atom. The number of benzene rings is 1. The largest absolute Gasteiger partial charge is 0.444 e. The first-order valence-corrected chi connectivity index (χ1v) is 6.44. The lowest BCUT2D eigenvalue weighted by Gasteiger charge is -2.06. The minimum absolute atomic E-state index is 0.0508. The van der Waals surface area contributed by atoms with Gasteiger partial charge in [-0.3, -0.25) is 10.4 Å². The number of halogens is 1. The number of anilines is 1. The molecule has 0 fully saturated rings. The quantitative estimate of drug-likeness (QED) is 0.726. The summed E-state index contributed by atoms with van der Waals surface area (Å²) < 4.78 is 5.07. The number of nitrogens with one attached hydrogen (secondary N) is 2. The highest BCUT2D eigenvalue weighted by Gasteiger charge is 2.11. The second kappa shape index (κ2) is 5.76. The van der Waals surface area contributed by atoms with Gasteiger partial charge in [0.05, 0.1) is 11.6 Å². The molecule has 7 nitrogen and oxygen atoms in total. The lowest BCUT2D eigenvalue weighted by molar-refractivity contribution is 0.155. The Labute approximate surface area is 124 Å². The maximum Gasteiger partial charge on any atom is 0.414 e. The normalized spacial score (nSPS) is 10.5. The van der Waals surface area contributed by atoms with Crippen molar-refractivity contribution in [3.05, 3.63) is 47.2 Å². The number of hydrogen-bond acceptors (Lipinski definition) is 5. The molecule has 1 amide bonds. The number of hydrogen-bond donors (Lipinski definition) is 2. The van der Waals surface area contributed by atoms with Crippen LogP contribution in [0.2, 0.25) is 5.15 Å². The number of aromatic nitrogens is 4. The Hall–Kier alpha value is -2.67.